The number of hydrogen-bond donors (Lipinski definition) is 1. The molecule has 186 valence electrons. The van der Waals surface area contributed by atoms with Crippen molar-refractivity contribution >= 4 is 22.6 Å². The minimum Gasteiger partial charge on any atom is -0.492 e. The highest BCUT2D eigenvalue weighted by atomic mass is 19.1. The molecular formula is C24H26FN3O7. The molecule has 1 unspecified atom stereocenters. The lowest BCUT2D eigenvalue weighted by Gasteiger charge is -2.41. The van der Waals surface area contributed by atoms with Crippen molar-refractivity contribution in [2.75, 3.05) is 31.6 Å². The number of halogens is 1. The van der Waals surface area contributed by atoms with E-state index in [-0.39, 0.29) is 34.5 Å². The Morgan fingerprint density at radius 3 is 2.66 bits per heavy atom. The summed E-state index contributed by atoms with van der Waals surface area (Å²) >= 11 is 0. The molecule has 1 aliphatic carbocycles. The maximum absolute atomic E-state index is 15.4. The zero-order chi connectivity index (χ0) is 24.9. The molecule has 10 nitrogen and oxygen atoms in total. The fraction of sp³-hybridized carbons (Fsp3) is 0.458. The summed E-state index contributed by atoms with van der Waals surface area (Å²) < 4.78 is 36.3. The smallest absolute Gasteiger partial charge is 0.492 e. The van der Waals surface area contributed by atoms with E-state index in [1.54, 1.807) is 6.92 Å². The molecule has 2 aliphatic rings. The Kier molecular flexibility index (Phi) is 5.87. The largest absolute Gasteiger partial charge is 0.519 e. The fourth-order valence-electron chi connectivity index (χ4n) is 4.48. The number of rotatable bonds is 6. The normalized spacial score (nSPS) is 18.7. The molecule has 3 heterocycles. The van der Waals surface area contributed by atoms with Gasteiger partial charge in [-0.3, -0.25) is 9.69 Å². The molecule has 0 amide bonds. The molecule has 1 saturated carbocycles. The van der Waals surface area contributed by atoms with E-state index in [0.29, 0.717) is 43.2 Å². The van der Waals surface area contributed by atoms with Crippen molar-refractivity contribution in [2.24, 2.45) is 0 Å². The summed E-state index contributed by atoms with van der Waals surface area (Å²) in [5, 5.41) is 0.0190. The number of methoxy groups -OCH3 is 1. The van der Waals surface area contributed by atoms with Gasteiger partial charge in [-0.2, -0.15) is 0 Å². The minimum atomic E-state index is -0.732. The number of esters is 1. The van der Waals surface area contributed by atoms with Crippen LogP contribution >= 0.6 is 0 Å². The van der Waals surface area contributed by atoms with Crippen molar-refractivity contribution < 1.29 is 27.5 Å². The number of nitrogens with zero attached hydrogens (tertiary/aromatic N) is 2. The third kappa shape index (κ3) is 4.31. The number of nitrogens with one attached hydrogen (secondary N) is 1. The van der Waals surface area contributed by atoms with Gasteiger partial charge in [-0.1, -0.05) is 0 Å². The number of carbonyl (C=O) groups excluding carboxylic acids is 1. The molecule has 1 aromatic carbocycles. The third-order valence-corrected chi connectivity index (χ3v) is 6.54. The standard InChI is InChI=1S/C24H26FN3O7/c1-12-10-28(7-6-27(12)11-18-13(2)33-24(31)35-18)20-17(25)8-15-19(22(20)32-3)26-9-16(21(15)29)23(30)34-14-4-5-14/h8-9,12,14H,4-7,10-11H2,1-3H3,(H,26,29). The Morgan fingerprint density at radius 2 is 2.03 bits per heavy atom. The molecule has 35 heavy (non-hydrogen) atoms. The average molecular weight is 487 g/mol. The van der Waals surface area contributed by atoms with Crippen LogP contribution in [0.25, 0.3) is 10.9 Å². The summed E-state index contributed by atoms with van der Waals surface area (Å²) in [6.07, 6.45) is 2.71. The number of aryl methyl sites for hydroxylation is 1. The van der Waals surface area contributed by atoms with E-state index in [0.717, 1.165) is 18.9 Å². The zero-order valence-corrected chi connectivity index (χ0v) is 19.7. The van der Waals surface area contributed by atoms with Crippen LogP contribution < -0.4 is 20.9 Å². The van der Waals surface area contributed by atoms with Crippen molar-refractivity contribution in [2.45, 2.75) is 45.4 Å². The summed E-state index contributed by atoms with van der Waals surface area (Å²) in [4.78, 5) is 43.6. The highest BCUT2D eigenvalue weighted by Gasteiger charge is 2.31. The second-order valence-electron chi connectivity index (χ2n) is 9.00. The SMILES string of the molecule is COc1c(N2CCN(Cc3oc(=O)oc3C)C(C)C2)c(F)cc2c(=O)c(C(=O)OC3CC3)c[nH]c12. The van der Waals surface area contributed by atoms with Gasteiger partial charge in [-0.15, -0.1) is 0 Å². The summed E-state index contributed by atoms with van der Waals surface area (Å²) in [6.45, 7) is 5.57. The van der Waals surface area contributed by atoms with Crippen molar-refractivity contribution in [3.05, 3.63) is 56.0 Å². The van der Waals surface area contributed by atoms with E-state index in [2.05, 4.69) is 9.88 Å². The topological polar surface area (TPSA) is 118 Å². The monoisotopic (exact) mass is 487 g/mol. The first-order valence-electron chi connectivity index (χ1n) is 11.5. The molecule has 0 spiro atoms. The van der Waals surface area contributed by atoms with Gasteiger partial charge in [0.05, 0.1) is 24.6 Å². The number of hydrogen-bond acceptors (Lipinski definition) is 9. The predicted octanol–water partition coefficient (Wildman–Crippen LogP) is 2.56. The van der Waals surface area contributed by atoms with E-state index in [9.17, 15) is 14.4 Å². The number of aromatic nitrogens is 1. The Morgan fingerprint density at radius 1 is 1.26 bits per heavy atom. The first-order chi connectivity index (χ1) is 16.8. The molecule has 0 radical (unpaired) electrons. The Labute approximate surface area is 199 Å². The number of ether oxygens (including phenoxy) is 2. The fourth-order valence-corrected chi connectivity index (χ4v) is 4.48. The van der Waals surface area contributed by atoms with Gasteiger partial charge >= 0.3 is 11.8 Å². The maximum atomic E-state index is 15.4. The summed E-state index contributed by atoms with van der Waals surface area (Å²) in [7, 11) is 1.41. The van der Waals surface area contributed by atoms with Crippen molar-refractivity contribution in [1.82, 2.24) is 9.88 Å². The number of fused-ring (bicyclic) bond motifs is 1. The number of H-pyrrole nitrogens is 1. The molecular weight excluding hydrogens is 461 g/mol. The number of anilines is 1. The third-order valence-electron chi connectivity index (χ3n) is 6.54. The molecule has 2 fully saturated rings. The van der Waals surface area contributed by atoms with Crippen LogP contribution in [0.2, 0.25) is 0 Å². The minimum absolute atomic E-state index is 0.0122. The number of piperazine rings is 1. The van der Waals surface area contributed by atoms with Crippen LogP contribution in [-0.2, 0) is 11.3 Å². The molecule has 2 aromatic heterocycles. The molecule has 1 N–H and O–H groups in total. The Bertz CT molecular complexity index is 1400. The Balaban J connectivity index is 1.43. The second-order valence-corrected chi connectivity index (χ2v) is 9.00. The van der Waals surface area contributed by atoms with E-state index >= 15 is 4.39 Å². The number of benzene rings is 1. The number of aromatic amines is 1. The lowest BCUT2D eigenvalue weighted by atomic mass is 10.1. The van der Waals surface area contributed by atoms with Gasteiger partial charge in [-0.25, -0.2) is 14.0 Å². The molecule has 3 aromatic rings. The molecule has 0 bridgehead atoms. The van der Waals surface area contributed by atoms with E-state index < -0.39 is 23.0 Å². The molecule has 1 saturated heterocycles. The average Bonchev–Trinajstić information content (AvgIpc) is 3.57. The maximum Gasteiger partial charge on any atom is 0.519 e. The van der Waals surface area contributed by atoms with Crippen LogP contribution in [-0.4, -0.2) is 54.7 Å². The van der Waals surface area contributed by atoms with Gasteiger partial charge in [0.1, 0.15) is 23.1 Å². The first kappa shape index (κ1) is 23.2. The summed E-state index contributed by atoms with van der Waals surface area (Å²) in [5.41, 5.74) is -0.227. The number of pyridine rings is 1. The van der Waals surface area contributed by atoms with Gasteiger partial charge < -0.3 is 28.2 Å². The van der Waals surface area contributed by atoms with Gasteiger partial charge in [-0.05, 0) is 32.8 Å². The van der Waals surface area contributed by atoms with Crippen LogP contribution in [0.15, 0.2) is 30.7 Å². The van der Waals surface area contributed by atoms with Gasteiger partial charge in [0.2, 0.25) is 5.43 Å². The van der Waals surface area contributed by atoms with E-state index in [1.807, 2.05) is 11.8 Å². The molecule has 5 rings (SSSR count). The number of carbonyl (C=O) groups is 1. The van der Waals surface area contributed by atoms with Crippen molar-refractivity contribution in [1.29, 1.82) is 0 Å². The Hall–Kier alpha value is -3.60. The van der Waals surface area contributed by atoms with Gasteiger partial charge in [0, 0.05) is 31.9 Å². The van der Waals surface area contributed by atoms with Crippen molar-refractivity contribution in [3.63, 3.8) is 0 Å². The first-order valence-corrected chi connectivity index (χ1v) is 11.5. The second kappa shape index (κ2) is 8.88. The van der Waals surface area contributed by atoms with Gasteiger partial charge in [0.15, 0.2) is 17.3 Å². The predicted molar refractivity (Wildman–Crippen MR) is 124 cm³/mol. The molecule has 1 atom stereocenters. The van der Waals surface area contributed by atoms with Crippen molar-refractivity contribution in [3.8, 4) is 5.75 Å². The molecule has 1 aliphatic heterocycles. The highest BCUT2D eigenvalue weighted by Crippen LogP contribution is 2.38. The lowest BCUT2D eigenvalue weighted by molar-refractivity contribution is 0.0470. The van der Waals surface area contributed by atoms with Crippen LogP contribution in [0, 0.1) is 12.7 Å². The summed E-state index contributed by atoms with van der Waals surface area (Å²) in [5.74, 6) is -0.964. The van der Waals surface area contributed by atoms with Crippen LogP contribution in [0.5, 0.6) is 5.75 Å². The van der Waals surface area contributed by atoms with Gasteiger partial charge in [0.25, 0.3) is 0 Å². The lowest BCUT2D eigenvalue weighted by Crippen LogP contribution is -2.51. The summed E-state index contributed by atoms with van der Waals surface area (Å²) in [6, 6.07) is 1.13. The van der Waals surface area contributed by atoms with Crippen LogP contribution in [0.3, 0.4) is 0 Å². The molecule has 11 heteroatoms. The van der Waals surface area contributed by atoms with Crippen LogP contribution in [0.1, 0.15) is 41.6 Å². The van der Waals surface area contributed by atoms with Crippen LogP contribution in [0.4, 0.5) is 10.1 Å². The van der Waals surface area contributed by atoms with E-state index in [1.165, 1.54) is 13.3 Å². The van der Waals surface area contributed by atoms with E-state index in [4.69, 9.17) is 18.3 Å². The quantitative estimate of drug-likeness (QED) is 0.523. The highest BCUT2D eigenvalue weighted by molar-refractivity contribution is 5.97. The zero-order valence-electron chi connectivity index (χ0n) is 19.7.